The molecule has 0 fully saturated rings. The van der Waals surface area contributed by atoms with Gasteiger partial charge in [-0.15, -0.1) is 0 Å². The maximum absolute atomic E-state index is 2.38. The Morgan fingerprint density at radius 1 is 0.826 bits per heavy atom. The van der Waals surface area contributed by atoms with Crippen LogP contribution in [0.2, 0.25) is 0 Å². The van der Waals surface area contributed by atoms with E-state index >= 15 is 0 Å². The van der Waals surface area contributed by atoms with Crippen LogP contribution < -0.4 is 4.57 Å². The van der Waals surface area contributed by atoms with Gasteiger partial charge >= 0.3 is 0 Å². The average molecular weight is 314 g/mol. The van der Waals surface area contributed by atoms with Crippen molar-refractivity contribution in [1.29, 1.82) is 0 Å². The summed E-state index contributed by atoms with van der Waals surface area (Å²) >= 11 is 0. The lowest BCUT2D eigenvalue weighted by molar-refractivity contribution is -0.700. The molecule has 0 spiro atoms. The minimum atomic E-state index is 1.05. The molecule has 0 N–H and O–H groups in total. The highest BCUT2D eigenvalue weighted by Crippen LogP contribution is 2.13. The first-order valence-electron chi connectivity index (χ1n) is 9.52. The predicted octanol–water partition coefficient (Wildman–Crippen LogP) is 5.47. The van der Waals surface area contributed by atoms with E-state index in [4.69, 9.17) is 0 Å². The van der Waals surface area contributed by atoms with Crippen molar-refractivity contribution in [3.05, 3.63) is 48.5 Å². The summed E-state index contributed by atoms with van der Waals surface area (Å²) in [4.78, 5) is 0. The first-order valence-corrected chi connectivity index (χ1v) is 9.52. The van der Waals surface area contributed by atoms with Crippen LogP contribution in [0.1, 0.15) is 71.0 Å². The molecule has 0 aliphatic heterocycles. The molecule has 126 valence electrons. The first-order chi connectivity index (χ1) is 11.4. The normalized spacial score (nSPS) is 11.0. The van der Waals surface area contributed by atoms with Crippen LogP contribution in [0, 0.1) is 0 Å². The molecular weight excluding hydrogens is 280 g/mol. The highest BCUT2D eigenvalue weighted by Gasteiger charge is 2.16. The third-order valence-corrected chi connectivity index (χ3v) is 4.63. The van der Waals surface area contributed by atoms with Crippen LogP contribution in [0.15, 0.2) is 42.7 Å². The fraction of sp³-hybridized carbons (Fsp3) is 0.571. The number of para-hydroxylation sites is 1. The maximum Gasteiger partial charge on any atom is 0.261 e. The molecule has 0 atom stereocenters. The van der Waals surface area contributed by atoms with E-state index in [1.807, 2.05) is 0 Å². The molecule has 0 saturated carbocycles. The summed E-state index contributed by atoms with van der Waals surface area (Å²) in [5.74, 6) is 1.43. The van der Waals surface area contributed by atoms with Crippen molar-refractivity contribution in [2.45, 2.75) is 78.2 Å². The lowest BCUT2D eigenvalue weighted by atomic mass is 10.1. The third-order valence-electron chi connectivity index (χ3n) is 4.63. The molecule has 0 radical (unpaired) electrons. The van der Waals surface area contributed by atoms with E-state index in [1.54, 1.807) is 0 Å². The molecule has 0 bridgehead atoms. The molecule has 1 aromatic heterocycles. The molecule has 0 aliphatic rings. The summed E-state index contributed by atoms with van der Waals surface area (Å²) in [6, 6.07) is 10.7. The predicted molar refractivity (Wildman–Crippen MR) is 98.0 cm³/mol. The molecule has 23 heavy (non-hydrogen) atoms. The third kappa shape index (κ3) is 5.53. The van der Waals surface area contributed by atoms with E-state index in [1.165, 1.54) is 69.3 Å². The lowest BCUT2D eigenvalue weighted by Crippen LogP contribution is -2.35. The smallest absolute Gasteiger partial charge is 0.234 e. The molecule has 2 aromatic rings. The van der Waals surface area contributed by atoms with Crippen molar-refractivity contribution in [3.8, 4) is 5.69 Å². The number of benzene rings is 1. The maximum atomic E-state index is 2.38. The van der Waals surface area contributed by atoms with Gasteiger partial charge in [-0.1, -0.05) is 70.1 Å². The monoisotopic (exact) mass is 313 g/mol. The van der Waals surface area contributed by atoms with Gasteiger partial charge in [-0.3, -0.25) is 0 Å². The van der Waals surface area contributed by atoms with Gasteiger partial charge in [0.15, 0.2) is 0 Å². The van der Waals surface area contributed by atoms with Crippen molar-refractivity contribution in [2.24, 2.45) is 0 Å². The van der Waals surface area contributed by atoms with E-state index in [0.29, 0.717) is 0 Å². The van der Waals surface area contributed by atoms with E-state index < -0.39 is 0 Å². The van der Waals surface area contributed by atoms with E-state index in [-0.39, 0.29) is 0 Å². The molecule has 0 saturated heterocycles. The Balaban J connectivity index is 1.83. The van der Waals surface area contributed by atoms with Crippen LogP contribution in [0.25, 0.3) is 5.69 Å². The summed E-state index contributed by atoms with van der Waals surface area (Å²) in [6.45, 7) is 5.56. The van der Waals surface area contributed by atoms with Gasteiger partial charge in [0.25, 0.3) is 5.82 Å². The Labute approximate surface area is 142 Å². The fourth-order valence-electron chi connectivity index (χ4n) is 3.25. The summed E-state index contributed by atoms with van der Waals surface area (Å²) in [5.41, 5.74) is 1.27. The van der Waals surface area contributed by atoms with Crippen molar-refractivity contribution in [3.63, 3.8) is 0 Å². The van der Waals surface area contributed by atoms with Gasteiger partial charge in [0.1, 0.15) is 18.1 Å². The Bertz CT molecular complexity index is 542. The van der Waals surface area contributed by atoms with Crippen molar-refractivity contribution in [1.82, 2.24) is 4.57 Å². The number of imidazole rings is 1. The highest BCUT2D eigenvalue weighted by molar-refractivity contribution is 5.31. The number of hydrogen-bond acceptors (Lipinski definition) is 0. The summed E-state index contributed by atoms with van der Waals surface area (Å²) < 4.78 is 4.74. The molecule has 0 unspecified atom stereocenters. The summed E-state index contributed by atoms with van der Waals surface area (Å²) in [5, 5.41) is 0. The largest absolute Gasteiger partial charge is 0.261 e. The van der Waals surface area contributed by atoms with Crippen molar-refractivity contribution < 1.29 is 4.57 Å². The lowest BCUT2D eigenvalue weighted by Gasteiger charge is -2.04. The quantitative estimate of drug-likeness (QED) is 0.384. The zero-order valence-corrected chi connectivity index (χ0v) is 15.0. The highest BCUT2D eigenvalue weighted by atomic mass is 15.1. The number of nitrogens with zero attached hydrogens (tertiary/aromatic N) is 2. The minimum Gasteiger partial charge on any atom is -0.234 e. The zero-order chi connectivity index (χ0) is 16.3. The number of unbranched alkanes of at least 4 members (excludes halogenated alkanes) is 7. The Morgan fingerprint density at radius 3 is 2.13 bits per heavy atom. The van der Waals surface area contributed by atoms with Crippen LogP contribution in [0.4, 0.5) is 0 Å². The first kappa shape index (κ1) is 17.8. The van der Waals surface area contributed by atoms with E-state index in [2.05, 4.69) is 65.7 Å². The number of aromatic nitrogens is 2. The van der Waals surface area contributed by atoms with Crippen LogP contribution in [-0.4, -0.2) is 4.57 Å². The number of hydrogen-bond donors (Lipinski definition) is 0. The fourth-order valence-corrected chi connectivity index (χ4v) is 3.25. The van der Waals surface area contributed by atoms with Gasteiger partial charge < -0.3 is 0 Å². The SMILES string of the molecule is CCCCCCCCCCc1n(-c2ccccc2)cc[n+]1CC. The molecule has 0 amide bonds. The van der Waals surface area contributed by atoms with Crippen LogP contribution in [0.3, 0.4) is 0 Å². The van der Waals surface area contributed by atoms with E-state index in [0.717, 1.165) is 6.54 Å². The second-order valence-electron chi connectivity index (χ2n) is 6.43. The van der Waals surface area contributed by atoms with Crippen LogP contribution in [0.5, 0.6) is 0 Å². The number of aryl methyl sites for hydroxylation is 1. The summed E-state index contributed by atoms with van der Waals surface area (Å²) in [7, 11) is 0. The van der Waals surface area contributed by atoms with Gasteiger partial charge in [0, 0.05) is 6.42 Å². The van der Waals surface area contributed by atoms with Crippen LogP contribution in [-0.2, 0) is 13.0 Å². The molecule has 2 heteroatoms. The molecule has 0 aliphatic carbocycles. The number of rotatable bonds is 11. The Kier molecular flexibility index (Phi) is 7.92. The molecule has 1 aromatic carbocycles. The average Bonchev–Trinajstić information content (AvgIpc) is 3.01. The second kappa shape index (κ2) is 10.3. The Hall–Kier alpha value is -1.57. The molecule has 2 nitrogen and oxygen atoms in total. The molecule has 1 heterocycles. The molecular formula is C21H33N2+. The minimum absolute atomic E-state index is 1.05. The van der Waals surface area contributed by atoms with Gasteiger partial charge in [-0.25, -0.2) is 4.57 Å². The molecule has 2 rings (SSSR count). The van der Waals surface area contributed by atoms with Crippen LogP contribution >= 0.6 is 0 Å². The standard InChI is InChI=1S/C21H33N2/c1-3-5-6-7-8-9-10-14-17-21-22(4-2)18-19-23(21)20-15-12-11-13-16-20/h11-13,15-16,18-19H,3-10,14,17H2,1-2H3/q+1. The topological polar surface area (TPSA) is 8.81 Å². The zero-order valence-electron chi connectivity index (χ0n) is 15.0. The van der Waals surface area contributed by atoms with Gasteiger partial charge in [0.05, 0.1) is 6.54 Å². The van der Waals surface area contributed by atoms with Crippen molar-refractivity contribution in [2.75, 3.05) is 0 Å². The van der Waals surface area contributed by atoms with Crippen molar-refractivity contribution >= 4 is 0 Å². The van der Waals surface area contributed by atoms with E-state index in [9.17, 15) is 0 Å². The van der Waals surface area contributed by atoms with Gasteiger partial charge in [0.2, 0.25) is 0 Å². The van der Waals surface area contributed by atoms with Gasteiger partial charge in [-0.2, -0.15) is 4.57 Å². The van der Waals surface area contributed by atoms with Gasteiger partial charge in [-0.05, 0) is 25.5 Å². The summed E-state index contributed by atoms with van der Waals surface area (Å²) in [6.07, 6.45) is 16.6. The second-order valence-corrected chi connectivity index (χ2v) is 6.43. The Morgan fingerprint density at radius 2 is 1.48 bits per heavy atom.